The first-order valence-electron chi connectivity index (χ1n) is 7.40. The number of aryl methyl sites for hydroxylation is 1. The van der Waals surface area contributed by atoms with Crippen LogP contribution in [0.4, 0.5) is 5.82 Å². The van der Waals surface area contributed by atoms with Crippen LogP contribution in [0.15, 0.2) is 35.4 Å². The summed E-state index contributed by atoms with van der Waals surface area (Å²) in [5, 5.41) is 4.32. The highest BCUT2D eigenvalue weighted by Crippen LogP contribution is 2.26. The Balaban J connectivity index is 2.17. The number of hydrogen-bond acceptors (Lipinski definition) is 4. The Kier molecular flexibility index (Phi) is 5.62. The van der Waals surface area contributed by atoms with Crippen molar-refractivity contribution in [3.63, 3.8) is 0 Å². The van der Waals surface area contributed by atoms with Gasteiger partial charge in [0.15, 0.2) is 0 Å². The molecule has 1 heterocycles. The summed E-state index contributed by atoms with van der Waals surface area (Å²) in [7, 11) is 0. The Labute approximate surface area is 131 Å². The summed E-state index contributed by atoms with van der Waals surface area (Å²) in [6.45, 7) is 9.36. The van der Waals surface area contributed by atoms with Crippen LogP contribution in [-0.4, -0.2) is 16.5 Å². The predicted octanol–water partition coefficient (Wildman–Crippen LogP) is 4.63. The largest absolute Gasteiger partial charge is 0.370 e. The fourth-order valence-electron chi connectivity index (χ4n) is 1.97. The molecular weight excluding hydrogens is 278 g/mol. The number of hydrogen-bond donors (Lipinski definition) is 1. The molecule has 0 bridgehead atoms. The number of anilines is 1. The maximum absolute atomic E-state index is 4.67. The molecule has 2 rings (SSSR count). The van der Waals surface area contributed by atoms with Crippen molar-refractivity contribution in [2.45, 2.75) is 44.4 Å². The van der Waals surface area contributed by atoms with Gasteiger partial charge in [-0.1, -0.05) is 38.1 Å². The van der Waals surface area contributed by atoms with Crippen LogP contribution >= 0.6 is 11.8 Å². The average molecular weight is 301 g/mol. The first-order valence-corrected chi connectivity index (χ1v) is 8.39. The molecule has 0 aliphatic rings. The van der Waals surface area contributed by atoms with Crippen LogP contribution < -0.4 is 5.32 Å². The van der Waals surface area contributed by atoms with Gasteiger partial charge in [0.2, 0.25) is 0 Å². The van der Waals surface area contributed by atoms with Crippen LogP contribution in [0.5, 0.6) is 0 Å². The molecule has 0 spiro atoms. The molecule has 0 aliphatic carbocycles. The minimum Gasteiger partial charge on any atom is -0.370 e. The fraction of sp³-hybridized carbons (Fsp3) is 0.412. The van der Waals surface area contributed by atoms with Gasteiger partial charge in [-0.25, -0.2) is 9.97 Å². The van der Waals surface area contributed by atoms with Gasteiger partial charge in [0.1, 0.15) is 16.7 Å². The lowest BCUT2D eigenvalue weighted by atomic mass is 10.1. The van der Waals surface area contributed by atoms with Gasteiger partial charge in [-0.05, 0) is 25.0 Å². The SMILES string of the molecule is CCNc1cc(SCc2ccccc2C)nc(C(C)C)n1. The molecule has 0 saturated heterocycles. The Bertz CT molecular complexity index is 596. The van der Waals surface area contributed by atoms with Gasteiger partial charge in [-0.15, -0.1) is 11.8 Å². The zero-order valence-corrected chi connectivity index (χ0v) is 14.0. The van der Waals surface area contributed by atoms with Gasteiger partial charge in [0.25, 0.3) is 0 Å². The molecular formula is C17H23N3S. The summed E-state index contributed by atoms with van der Waals surface area (Å²) in [5.74, 6) is 3.10. The van der Waals surface area contributed by atoms with Crippen LogP contribution in [0.25, 0.3) is 0 Å². The number of nitrogens with zero attached hydrogens (tertiary/aromatic N) is 2. The highest BCUT2D eigenvalue weighted by atomic mass is 32.2. The topological polar surface area (TPSA) is 37.8 Å². The summed E-state index contributed by atoms with van der Waals surface area (Å²) in [5.41, 5.74) is 2.69. The average Bonchev–Trinajstić information content (AvgIpc) is 2.46. The van der Waals surface area contributed by atoms with E-state index in [1.807, 2.05) is 6.07 Å². The van der Waals surface area contributed by atoms with Crippen molar-refractivity contribution in [2.75, 3.05) is 11.9 Å². The molecule has 0 aliphatic heterocycles. The molecule has 3 nitrogen and oxygen atoms in total. The van der Waals surface area contributed by atoms with Crippen molar-refractivity contribution < 1.29 is 0 Å². The first kappa shape index (κ1) is 15.8. The molecule has 0 amide bonds. The van der Waals surface area contributed by atoms with Crippen molar-refractivity contribution in [2.24, 2.45) is 0 Å². The summed E-state index contributed by atoms with van der Waals surface area (Å²) in [6.07, 6.45) is 0. The van der Waals surface area contributed by atoms with Crippen LogP contribution in [0.3, 0.4) is 0 Å². The molecule has 1 aromatic carbocycles. The van der Waals surface area contributed by atoms with E-state index in [0.29, 0.717) is 5.92 Å². The predicted molar refractivity (Wildman–Crippen MR) is 91.0 cm³/mol. The molecule has 0 atom stereocenters. The molecule has 2 aromatic rings. The number of rotatable bonds is 6. The summed E-state index contributed by atoms with van der Waals surface area (Å²) in [6, 6.07) is 10.5. The lowest BCUT2D eigenvalue weighted by Crippen LogP contribution is -2.05. The van der Waals surface area contributed by atoms with Gasteiger partial charge in [-0.2, -0.15) is 0 Å². The van der Waals surface area contributed by atoms with Gasteiger partial charge in [0, 0.05) is 24.3 Å². The van der Waals surface area contributed by atoms with E-state index in [1.54, 1.807) is 11.8 Å². The van der Waals surface area contributed by atoms with Crippen molar-refractivity contribution >= 4 is 17.6 Å². The Hall–Kier alpha value is -1.55. The Morgan fingerprint density at radius 2 is 1.95 bits per heavy atom. The van der Waals surface area contributed by atoms with E-state index in [0.717, 1.165) is 29.0 Å². The van der Waals surface area contributed by atoms with Gasteiger partial charge in [0.05, 0.1) is 0 Å². The number of benzene rings is 1. The van der Waals surface area contributed by atoms with Crippen LogP contribution in [0, 0.1) is 6.92 Å². The lowest BCUT2D eigenvalue weighted by molar-refractivity contribution is 0.754. The van der Waals surface area contributed by atoms with Crippen molar-refractivity contribution in [3.05, 3.63) is 47.3 Å². The van der Waals surface area contributed by atoms with Crippen LogP contribution in [0.1, 0.15) is 43.6 Å². The summed E-state index contributed by atoms with van der Waals surface area (Å²) >= 11 is 1.77. The molecule has 112 valence electrons. The normalized spacial score (nSPS) is 10.9. The molecule has 1 N–H and O–H groups in total. The van der Waals surface area contributed by atoms with E-state index in [1.165, 1.54) is 11.1 Å². The first-order chi connectivity index (χ1) is 10.1. The number of thioether (sulfide) groups is 1. The minimum absolute atomic E-state index is 0.335. The molecule has 21 heavy (non-hydrogen) atoms. The van der Waals surface area contributed by atoms with Gasteiger partial charge >= 0.3 is 0 Å². The van der Waals surface area contributed by atoms with Crippen LogP contribution in [0.2, 0.25) is 0 Å². The Morgan fingerprint density at radius 1 is 1.19 bits per heavy atom. The highest BCUT2D eigenvalue weighted by Gasteiger charge is 2.09. The zero-order chi connectivity index (χ0) is 15.2. The van der Waals surface area contributed by atoms with Crippen LogP contribution in [-0.2, 0) is 5.75 Å². The van der Waals surface area contributed by atoms with E-state index >= 15 is 0 Å². The molecule has 0 saturated carbocycles. The second-order valence-electron chi connectivity index (χ2n) is 5.35. The second kappa shape index (κ2) is 7.46. The second-order valence-corrected chi connectivity index (χ2v) is 6.35. The maximum Gasteiger partial charge on any atom is 0.134 e. The van der Waals surface area contributed by atoms with E-state index in [2.05, 4.69) is 67.2 Å². The third-order valence-electron chi connectivity index (χ3n) is 3.23. The lowest BCUT2D eigenvalue weighted by Gasteiger charge is -2.11. The quantitative estimate of drug-likeness (QED) is 0.623. The maximum atomic E-state index is 4.67. The number of aromatic nitrogens is 2. The fourth-order valence-corrected chi connectivity index (χ4v) is 2.95. The zero-order valence-electron chi connectivity index (χ0n) is 13.2. The monoisotopic (exact) mass is 301 g/mol. The van der Waals surface area contributed by atoms with Crippen molar-refractivity contribution in [3.8, 4) is 0 Å². The molecule has 0 unspecified atom stereocenters. The van der Waals surface area contributed by atoms with Gasteiger partial charge in [-0.3, -0.25) is 0 Å². The van der Waals surface area contributed by atoms with E-state index < -0.39 is 0 Å². The summed E-state index contributed by atoms with van der Waals surface area (Å²) in [4.78, 5) is 9.23. The van der Waals surface area contributed by atoms with E-state index in [9.17, 15) is 0 Å². The smallest absolute Gasteiger partial charge is 0.134 e. The third kappa shape index (κ3) is 4.46. The van der Waals surface area contributed by atoms with Crippen molar-refractivity contribution in [1.82, 2.24) is 9.97 Å². The number of nitrogens with one attached hydrogen (secondary N) is 1. The third-order valence-corrected chi connectivity index (χ3v) is 4.19. The Morgan fingerprint density at radius 3 is 2.62 bits per heavy atom. The van der Waals surface area contributed by atoms with E-state index in [-0.39, 0.29) is 0 Å². The molecule has 1 aromatic heterocycles. The molecule has 4 heteroatoms. The van der Waals surface area contributed by atoms with Crippen molar-refractivity contribution in [1.29, 1.82) is 0 Å². The summed E-state index contributed by atoms with van der Waals surface area (Å²) < 4.78 is 0. The standard InChI is InChI=1S/C17H23N3S/c1-5-18-15-10-16(20-17(19-15)12(2)3)21-11-14-9-7-6-8-13(14)4/h6-10,12H,5,11H2,1-4H3,(H,18,19,20). The molecule has 0 radical (unpaired) electrons. The minimum atomic E-state index is 0.335. The highest BCUT2D eigenvalue weighted by molar-refractivity contribution is 7.98. The molecule has 0 fully saturated rings. The van der Waals surface area contributed by atoms with E-state index in [4.69, 9.17) is 0 Å². The van der Waals surface area contributed by atoms with Gasteiger partial charge < -0.3 is 5.32 Å².